The molecule has 0 unspecified atom stereocenters. The minimum Gasteiger partial charge on any atom is -0.406 e. The molecule has 42 heavy (non-hydrogen) atoms. The van der Waals surface area contributed by atoms with Gasteiger partial charge in [0.2, 0.25) is 5.91 Å². The largest absolute Gasteiger partial charge is 0.573 e. The van der Waals surface area contributed by atoms with Crippen molar-refractivity contribution < 1.29 is 22.7 Å². The molecule has 1 saturated heterocycles. The van der Waals surface area contributed by atoms with E-state index in [4.69, 9.17) is 5.73 Å². The molecule has 2 heterocycles. The molecule has 5 rings (SSSR count). The summed E-state index contributed by atoms with van der Waals surface area (Å²) in [4.78, 5) is 18.6. The number of thioether (sulfide) groups is 1. The van der Waals surface area contributed by atoms with E-state index in [1.807, 2.05) is 42.5 Å². The Labute approximate surface area is 243 Å². The molecule has 1 aliphatic heterocycles. The van der Waals surface area contributed by atoms with Gasteiger partial charge in [-0.2, -0.15) is 10.2 Å². The number of rotatable bonds is 7. The SMILES string of the molecule is CC(C)c1ccccc1N1C(=O)CS/C1=N/N=C/c1ccc2c(C(N)=Nc3ccc(OC(F)(F)F)cc3)nn(C)c2c1. The fourth-order valence-electron chi connectivity index (χ4n) is 4.46. The maximum atomic E-state index is 12.7. The number of fused-ring (bicyclic) bond motifs is 1. The molecule has 0 saturated carbocycles. The normalized spacial score (nSPS) is 15.6. The van der Waals surface area contributed by atoms with Crippen molar-refractivity contribution in [2.75, 3.05) is 10.7 Å². The average Bonchev–Trinajstić information content (AvgIpc) is 3.47. The van der Waals surface area contributed by atoms with Gasteiger partial charge in [-0.1, -0.05) is 49.9 Å². The molecule has 3 aromatic carbocycles. The van der Waals surface area contributed by atoms with Crippen molar-refractivity contribution in [2.24, 2.45) is 28.0 Å². The molecule has 2 N–H and O–H groups in total. The van der Waals surface area contributed by atoms with Crippen LogP contribution in [-0.2, 0) is 11.8 Å². The van der Waals surface area contributed by atoms with Gasteiger partial charge in [-0.25, -0.2) is 4.99 Å². The van der Waals surface area contributed by atoms with Gasteiger partial charge < -0.3 is 10.5 Å². The molecule has 1 aliphatic rings. The second-order valence-electron chi connectivity index (χ2n) is 9.65. The third-order valence-corrected chi connectivity index (χ3v) is 7.27. The van der Waals surface area contributed by atoms with E-state index < -0.39 is 6.36 Å². The third-order valence-electron chi connectivity index (χ3n) is 6.35. The van der Waals surface area contributed by atoms with Crippen LogP contribution < -0.4 is 15.4 Å². The number of halogens is 3. The molecule has 1 amide bonds. The van der Waals surface area contributed by atoms with Crippen molar-refractivity contribution in [3.05, 3.63) is 83.6 Å². The number of carbonyl (C=O) groups excluding carboxylic acids is 1. The lowest BCUT2D eigenvalue weighted by Gasteiger charge is -2.20. The number of aromatic nitrogens is 2. The molecule has 1 fully saturated rings. The van der Waals surface area contributed by atoms with Crippen LogP contribution in [0.25, 0.3) is 10.9 Å². The fraction of sp³-hybridized carbons (Fsp3) is 0.207. The first kappa shape index (κ1) is 28.9. The van der Waals surface area contributed by atoms with E-state index in [2.05, 4.69) is 38.9 Å². The van der Waals surface area contributed by atoms with Crippen molar-refractivity contribution in [3.8, 4) is 5.75 Å². The molecular weight excluding hydrogens is 567 g/mol. The lowest BCUT2D eigenvalue weighted by molar-refractivity contribution is -0.274. The third kappa shape index (κ3) is 6.30. The molecule has 4 aromatic rings. The summed E-state index contributed by atoms with van der Waals surface area (Å²) in [5.74, 6) is 0.225. The lowest BCUT2D eigenvalue weighted by Crippen LogP contribution is -2.30. The Morgan fingerprint density at radius 1 is 1.12 bits per heavy atom. The number of anilines is 1. The van der Waals surface area contributed by atoms with Gasteiger partial charge in [0.25, 0.3) is 0 Å². The number of nitrogens with two attached hydrogens (primary N) is 1. The van der Waals surface area contributed by atoms with Gasteiger partial charge >= 0.3 is 6.36 Å². The van der Waals surface area contributed by atoms with Crippen molar-refractivity contribution in [1.82, 2.24) is 9.78 Å². The molecule has 0 bridgehead atoms. The number of ether oxygens (including phenoxy) is 1. The fourth-order valence-corrected chi connectivity index (χ4v) is 5.27. The number of carbonyl (C=O) groups is 1. The molecule has 0 aliphatic carbocycles. The Morgan fingerprint density at radius 3 is 2.57 bits per heavy atom. The predicted molar refractivity (Wildman–Crippen MR) is 160 cm³/mol. The number of aryl methyl sites for hydroxylation is 1. The number of nitrogens with zero attached hydrogens (tertiary/aromatic N) is 6. The Bertz CT molecular complexity index is 1730. The highest BCUT2D eigenvalue weighted by atomic mass is 32.2. The summed E-state index contributed by atoms with van der Waals surface area (Å²) in [5, 5.41) is 14.3. The van der Waals surface area contributed by atoms with E-state index >= 15 is 0 Å². The maximum absolute atomic E-state index is 12.7. The van der Waals surface area contributed by atoms with Gasteiger partial charge in [0.05, 0.1) is 28.9 Å². The van der Waals surface area contributed by atoms with E-state index in [-0.39, 0.29) is 23.4 Å². The van der Waals surface area contributed by atoms with Crippen LogP contribution in [0.3, 0.4) is 0 Å². The summed E-state index contributed by atoms with van der Waals surface area (Å²) in [6.45, 7) is 4.16. The minimum atomic E-state index is -4.78. The number of para-hydroxylation sites is 1. The van der Waals surface area contributed by atoms with E-state index in [9.17, 15) is 18.0 Å². The van der Waals surface area contributed by atoms with Gasteiger partial charge in [0.1, 0.15) is 11.4 Å². The molecule has 0 spiro atoms. The second kappa shape index (κ2) is 11.7. The van der Waals surface area contributed by atoms with Gasteiger partial charge in [0.15, 0.2) is 11.0 Å². The molecule has 0 atom stereocenters. The number of aliphatic imine (C=N–C) groups is 1. The first-order chi connectivity index (χ1) is 20.0. The zero-order valence-electron chi connectivity index (χ0n) is 22.8. The zero-order valence-corrected chi connectivity index (χ0v) is 23.6. The Morgan fingerprint density at radius 2 is 1.86 bits per heavy atom. The first-order valence-corrected chi connectivity index (χ1v) is 13.8. The van der Waals surface area contributed by atoms with E-state index in [0.29, 0.717) is 22.3 Å². The van der Waals surface area contributed by atoms with Crippen molar-refractivity contribution in [2.45, 2.75) is 26.1 Å². The van der Waals surface area contributed by atoms with E-state index in [0.717, 1.165) is 39.8 Å². The van der Waals surface area contributed by atoms with E-state index in [1.54, 1.807) is 22.8 Å². The van der Waals surface area contributed by atoms with E-state index in [1.165, 1.54) is 23.9 Å². The molecule has 216 valence electrons. The van der Waals surface area contributed by atoms with Crippen LogP contribution in [0.4, 0.5) is 24.5 Å². The van der Waals surface area contributed by atoms with Crippen LogP contribution in [0.15, 0.2) is 81.9 Å². The molecular formula is C29H26F3N7O2S. The number of benzene rings is 3. The number of amidine groups is 2. The summed E-state index contributed by atoms with van der Waals surface area (Å²) < 4.78 is 42.8. The van der Waals surface area contributed by atoms with Crippen LogP contribution in [0.1, 0.15) is 36.6 Å². The molecule has 9 nitrogen and oxygen atoms in total. The second-order valence-corrected chi connectivity index (χ2v) is 10.6. The van der Waals surface area contributed by atoms with Crippen LogP contribution in [0.5, 0.6) is 5.75 Å². The number of hydrogen-bond acceptors (Lipinski definition) is 7. The summed E-state index contributed by atoms with van der Waals surface area (Å²) in [5.41, 5.74) is 10.4. The van der Waals surface area contributed by atoms with Crippen molar-refractivity contribution in [1.29, 1.82) is 0 Å². The van der Waals surface area contributed by atoms with Gasteiger partial charge in [-0.05, 0) is 59.5 Å². The topological polar surface area (TPSA) is 110 Å². The monoisotopic (exact) mass is 593 g/mol. The van der Waals surface area contributed by atoms with Crippen molar-refractivity contribution >= 4 is 57.2 Å². The van der Waals surface area contributed by atoms with Crippen LogP contribution in [0, 0.1) is 0 Å². The number of hydrogen-bond donors (Lipinski definition) is 1. The lowest BCUT2D eigenvalue weighted by atomic mass is 10.0. The van der Waals surface area contributed by atoms with Crippen molar-refractivity contribution in [3.63, 3.8) is 0 Å². The summed E-state index contributed by atoms with van der Waals surface area (Å²) >= 11 is 1.34. The Kier molecular flexibility index (Phi) is 8.03. The zero-order chi connectivity index (χ0) is 30.0. The average molecular weight is 594 g/mol. The van der Waals surface area contributed by atoms with Crippen LogP contribution >= 0.6 is 11.8 Å². The highest BCUT2D eigenvalue weighted by Crippen LogP contribution is 2.33. The Hall–Kier alpha value is -4.65. The van der Waals surface area contributed by atoms with Crippen LogP contribution in [0.2, 0.25) is 0 Å². The highest BCUT2D eigenvalue weighted by Gasteiger charge is 2.32. The molecule has 13 heteroatoms. The number of alkyl halides is 3. The van der Waals surface area contributed by atoms with Crippen LogP contribution in [-0.4, -0.2) is 45.0 Å². The molecule has 0 radical (unpaired) electrons. The van der Waals surface area contributed by atoms with Gasteiger partial charge in [-0.15, -0.1) is 18.3 Å². The quantitative estimate of drug-likeness (QED) is 0.158. The van der Waals surface area contributed by atoms with Gasteiger partial charge in [0, 0.05) is 12.4 Å². The van der Waals surface area contributed by atoms with Gasteiger partial charge in [-0.3, -0.25) is 14.4 Å². The summed E-state index contributed by atoms with van der Waals surface area (Å²) in [6.07, 6.45) is -3.18. The minimum absolute atomic E-state index is 0.0456. The maximum Gasteiger partial charge on any atom is 0.573 e. The highest BCUT2D eigenvalue weighted by molar-refractivity contribution is 8.15. The number of amides is 1. The predicted octanol–water partition coefficient (Wildman–Crippen LogP) is 6.10. The smallest absolute Gasteiger partial charge is 0.406 e. The molecule has 1 aromatic heterocycles. The Balaban J connectivity index is 1.37. The summed E-state index contributed by atoms with van der Waals surface area (Å²) in [7, 11) is 1.76. The summed E-state index contributed by atoms with van der Waals surface area (Å²) in [6, 6.07) is 18.4. The standard InChI is InChI=1S/C29H26F3N7O2S/c1-17(2)21-6-4-5-7-23(21)39-25(40)16-42-28(39)36-34-15-18-8-13-22-24(14-18)38(3)37-26(22)27(33)35-19-9-11-20(12-10-19)41-29(30,31)32/h4-15,17H,16H2,1-3H3,(H2,33,35)/b34-15+,36-28+. The first-order valence-electron chi connectivity index (χ1n) is 12.8.